The van der Waals surface area contributed by atoms with Crippen molar-refractivity contribution in [1.29, 1.82) is 0 Å². The number of aliphatic imine (C=N–C) groups is 1. The van der Waals surface area contributed by atoms with E-state index in [2.05, 4.69) is 46.8 Å². The highest BCUT2D eigenvalue weighted by Gasteiger charge is 2.25. The minimum Gasteiger partial charge on any atom is -0.352 e. The average Bonchev–Trinajstić information content (AvgIpc) is 3.00. The molecular formula is C17H27IN4O. The Hall–Kier alpha value is -1.31. The normalized spacial score (nSPS) is 17.6. The Morgan fingerprint density at radius 3 is 2.65 bits per heavy atom. The van der Waals surface area contributed by atoms with Crippen molar-refractivity contribution in [2.45, 2.75) is 39.3 Å². The van der Waals surface area contributed by atoms with E-state index in [-0.39, 0.29) is 35.9 Å². The molecule has 0 spiro atoms. The molecule has 0 bridgehead atoms. The summed E-state index contributed by atoms with van der Waals surface area (Å²) in [5, 5.41) is 6.73. The van der Waals surface area contributed by atoms with Gasteiger partial charge < -0.3 is 15.5 Å². The van der Waals surface area contributed by atoms with Gasteiger partial charge in [0, 0.05) is 39.1 Å². The number of nitrogens with one attached hydrogen (secondary N) is 2. The van der Waals surface area contributed by atoms with Gasteiger partial charge >= 0.3 is 0 Å². The molecule has 6 heteroatoms. The summed E-state index contributed by atoms with van der Waals surface area (Å²) >= 11 is 0. The van der Waals surface area contributed by atoms with Gasteiger partial charge in [-0.15, -0.1) is 24.0 Å². The van der Waals surface area contributed by atoms with Crippen molar-refractivity contribution in [2.75, 3.05) is 20.1 Å². The van der Waals surface area contributed by atoms with Gasteiger partial charge in [-0.2, -0.15) is 0 Å². The van der Waals surface area contributed by atoms with Crippen LogP contribution in [0.2, 0.25) is 0 Å². The molecule has 1 atom stereocenters. The second kappa shape index (κ2) is 9.75. The van der Waals surface area contributed by atoms with Gasteiger partial charge in [-0.1, -0.05) is 36.8 Å². The van der Waals surface area contributed by atoms with E-state index in [1.807, 2.05) is 11.8 Å². The standard InChI is InChI=1S/C17H26N4O.HI/c1-4-16(22)21-10-9-15(12-21)20-17(18-3)19-11-14-7-5-13(2)6-8-14;/h5-8,15H,4,9-12H2,1-3H3,(H2,18,19,20);1H. The Morgan fingerprint density at radius 2 is 2.04 bits per heavy atom. The molecule has 1 amide bonds. The molecule has 2 N–H and O–H groups in total. The summed E-state index contributed by atoms with van der Waals surface area (Å²) in [7, 11) is 1.77. The highest BCUT2D eigenvalue weighted by atomic mass is 127. The smallest absolute Gasteiger partial charge is 0.222 e. The van der Waals surface area contributed by atoms with Gasteiger partial charge in [-0.05, 0) is 18.9 Å². The molecule has 1 fully saturated rings. The molecule has 1 aromatic carbocycles. The molecule has 0 aliphatic carbocycles. The Morgan fingerprint density at radius 1 is 1.35 bits per heavy atom. The summed E-state index contributed by atoms with van der Waals surface area (Å²) in [6, 6.07) is 8.73. The van der Waals surface area contributed by atoms with Crippen LogP contribution in [-0.2, 0) is 11.3 Å². The Balaban J connectivity index is 0.00000264. The third kappa shape index (κ3) is 6.01. The quantitative estimate of drug-likeness (QED) is 0.438. The van der Waals surface area contributed by atoms with Gasteiger partial charge in [0.1, 0.15) is 0 Å². The van der Waals surface area contributed by atoms with Crippen LogP contribution in [0.4, 0.5) is 0 Å². The number of guanidine groups is 1. The monoisotopic (exact) mass is 430 g/mol. The maximum absolute atomic E-state index is 11.7. The Kier molecular flexibility index (Phi) is 8.36. The van der Waals surface area contributed by atoms with Gasteiger partial charge in [0.05, 0.1) is 0 Å². The molecule has 128 valence electrons. The summed E-state index contributed by atoms with van der Waals surface area (Å²) in [6.45, 7) is 6.33. The maximum atomic E-state index is 11.7. The van der Waals surface area contributed by atoms with E-state index in [1.165, 1.54) is 11.1 Å². The molecule has 5 nitrogen and oxygen atoms in total. The molecule has 1 aromatic rings. The minimum atomic E-state index is 0. The second-order valence-electron chi connectivity index (χ2n) is 5.73. The first kappa shape index (κ1) is 19.7. The first-order valence-electron chi connectivity index (χ1n) is 7.93. The summed E-state index contributed by atoms with van der Waals surface area (Å²) in [5.74, 6) is 1.02. The van der Waals surface area contributed by atoms with Crippen LogP contribution < -0.4 is 10.6 Å². The summed E-state index contributed by atoms with van der Waals surface area (Å²) in [5.41, 5.74) is 2.49. The zero-order chi connectivity index (χ0) is 15.9. The van der Waals surface area contributed by atoms with Crippen LogP contribution in [-0.4, -0.2) is 42.9 Å². The van der Waals surface area contributed by atoms with Crippen LogP contribution >= 0.6 is 24.0 Å². The number of likely N-dealkylation sites (tertiary alicyclic amines) is 1. The van der Waals surface area contributed by atoms with E-state index >= 15 is 0 Å². The lowest BCUT2D eigenvalue weighted by atomic mass is 10.1. The van der Waals surface area contributed by atoms with E-state index in [0.717, 1.165) is 32.0 Å². The number of carbonyl (C=O) groups is 1. The number of nitrogens with zero attached hydrogens (tertiary/aromatic N) is 2. The predicted octanol–water partition coefficient (Wildman–Crippen LogP) is 2.29. The number of amides is 1. The van der Waals surface area contributed by atoms with Crippen LogP contribution in [0.25, 0.3) is 0 Å². The first-order valence-corrected chi connectivity index (χ1v) is 7.93. The summed E-state index contributed by atoms with van der Waals surface area (Å²) in [4.78, 5) is 17.9. The average molecular weight is 430 g/mol. The molecule has 0 radical (unpaired) electrons. The lowest BCUT2D eigenvalue weighted by Gasteiger charge is -2.18. The highest BCUT2D eigenvalue weighted by Crippen LogP contribution is 2.10. The van der Waals surface area contributed by atoms with E-state index in [0.29, 0.717) is 6.42 Å². The van der Waals surface area contributed by atoms with E-state index in [4.69, 9.17) is 0 Å². The molecule has 1 aliphatic heterocycles. The van der Waals surface area contributed by atoms with Crippen LogP contribution in [0.3, 0.4) is 0 Å². The van der Waals surface area contributed by atoms with E-state index in [1.54, 1.807) is 7.05 Å². The third-order valence-corrected chi connectivity index (χ3v) is 3.99. The van der Waals surface area contributed by atoms with Crippen LogP contribution in [0.1, 0.15) is 30.9 Å². The largest absolute Gasteiger partial charge is 0.352 e. The zero-order valence-electron chi connectivity index (χ0n) is 14.1. The molecule has 0 saturated carbocycles. The zero-order valence-corrected chi connectivity index (χ0v) is 16.5. The Labute approximate surface area is 156 Å². The maximum Gasteiger partial charge on any atom is 0.222 e. The topological polar surface area (TPSA) is 56.7 Å². The molecule has 1 heterocycles. The SMILES string of the molecule is CCC(=O)N1CCC(NC(=NC)NCc2ccc(C)cc2)C1.I. The highest BCUT2D eigenvalue weighted by molar-refractivity contribution is 14.0. The fourth-order valence-corrected chi connectivity index (χ4v) is 2.61. The Bertz CT molecular complexity index is 530. The number of aryl methyl sites for hydroxylation is 1. The molecule has 1 saturated heterocycles. The van der Waals surface area contributed by atoms with Crippen molar-refractivity contribution < 1.29 is 4.79 Å². The van der Waals surface area contributed by atoms with Crippen molar-refractivity contribution in [1.82, 2.24) is 15.5 Å². The van der Waals surface area contributed by atoms with E-state index in [9.17, 15) is 4.79 Å². The van der Waals surface area contributed by atoms with Crippen molar-refractivity contribution in [3.05, 3.63) is 35.4 Å². The number of hydrogen-bond acceptors (Lipinski definition) is 2. The molecule has 0 aromatic heterocycles. The van der Waals surface area contributed by atoms with Crippen LogP contribution in [0.5, 0.6) is 0 Å². The molecule has 2 rings (SSSR count). The molecule has 23 heavy (non-hydrogen) atoms. The fourth-order valence-electron chi connectivity index (χ4n) is 2.61. The van der Waals surface area contributed by atoms with Gasteiger partial charge in [0.25, 0.3) is 0 Å². The number of halogens is 1. The van der Waals surface area contributed by atoms with Crippen molar-refractivity contribution in [3.63, 3.8) is 0 Å². The van der Waals surface area contributed by atoms with Gasteiger partial charge in [-0.3, -0.25) is 9.79 Å². The first-order chi connectivity index (χ1) is 10.6. The summed E-state index contributed by atoms with van der Waals surface area (Å²) < 4.78 is 0. The second-order valence-corrected chi connectivity index (χ2v) is 5.73. The predicted molar refractivity (Wildman–Crippen MR) is 105 cm³/mol. The third-order valence-electron chi connectivity index (χ3n) is 3.99. The molecule has 1 aliphatic rings. The summed E-state index contributed by atoms with van der Waals surface area (Å²) in [6.07, 6.45) is 1.55. The number of benzene rings is 1. The van der Waals surface area contributed by atoms with Gasteiger partial charge in [-0.25, -0.2) is 0 Å². The fraction of sp³-hybridized carbons (Fsp3) is 0.529. The molecule has 1 unspecified atom stereocenters. The lowest BCUT2D eigenvalue weighted by molar-refractivity contribution is -0.129. The van der Waals surface area contributed by atoms with Gasteiger partial charge in [0.15, 0.2) is 5.96 Å². The number of rotatable bonds is 4. The van der Waals surface area contributed by atoms with Gasteiger partial charge in [0.2, 0.25) is 5.91 Å². The van der Waals surface area contributed by atoms with Crippen LogP contribution in [0, 0.1) is 6.92 Å². The minimum absolute atomic E-state index is 0. The van der Waals surface area contributed by atoms with Crippen LogP contribution in [0.15, 0.2) is 29.3 Å². The number of hydrogen-bond donors (Lipinski definition) is 2. The van der Waals surface area contributed by atoms with Crippen molar-refractivity contribution >= 4 is 35.8 Å². The molecular weight excluding hydrogens is 403 g/mol. The van der Waals surface area contributed by atoms with Crippen molar-refractivity contribution in [3.8, 4) is 0 Å². The van der Waals surface area contributed by atoms with Crippen molar-refractivity contribution in [2.24, 2.45) is 4.99 Å². The van der Waals surface area contributed by atoms with E-state index < -0.39 is 0 Å². The lowest BCUT2D eigenvalue weighted by Crippen LogP contribution is -2.44. The number of carbonyl (C=O) groups excluding carboxylic acids is 1.